The lowest BCUT2D eigenvalue weighted by Gasteiger charge is -2.04. The van der Waals surface area contributed by atoms with Crippen molar-refractivity contribution in [2.75, 3.05) is 0 Å². The first-order valence-electron chi connectivity index (χ1n) is 5.26. The monoisotopic (exact) mass is 277 g/mol. The summed E-state index contributed by atoms with van der Waals surface area (Å²) in [7, 11) is 0. The minimum absolute atomic E-state index is 0.110. The van der Waals surface area contributed by atoms with Gasteiger partial charge in [0.25, 0.3) is 0 Å². The van der Waals surface area contributed by atoms with Crippen LogP contribution in [0.3, 0.4) is 0 Å². The molecule has 0 radical (unpaired) electrons. The number of benzene rings is 2. The Hall–Kier alpha value is -1.50. The van der Waals surface area contributed by atoms with Gasteiger partial charge in [0.1, 0.15) is 11.9 Å². The summed E-state index contributed by atoms with van der Waals surface area (Å²) in [6.07, 6.45) is 0. The molecule has 2 rings (SSSR count). The predicted octanol–water partition coefficient (Wildman–Crippen LogP) is 4.64. The molecule has 1 nitrogen and oxygen atoms in total. The van der Waals surface area contributed by atoms with E-state index in [0.717, 1.165) is 11.3 Å². The van der Waals surface area contributed by atoms with E-state index in [2.05, 4.69) is 0 Å². The molecule has 0 aromatic heterocycles. The molecule has 0 saturated heterocycles. The first-order valence-corrected chi connectivity index (χ1v) is 6.63. The van der Waals surface area contributed by atoms with Gasteiger partial charge in [-0.05, 0) is 17.7 Å². The quantitative estimate of drug-likeness (QED) is 0.763. The number of rotatable bonds is 3. The van der Waals surface area contributed by atoms with Crippen LogP contribution in [0, 0.1) is 17.1 Å². The van der Waals surface area contributed by atoms with Crippen LogP contribution in [0.1, 0.15) is 11.1 Å². The van der Waals surface area contributed by atoms with E-state index >= 15 is 0 Å². The maximum absolute atomic E-state index is 13.5. The van der Waals surface area contributed by atoms with Crippen molar-refractivity contribution in [1.29, 1.82) is 5.26 Å². The highest BCUT2D eigenvalue weighted by molar-refractivity contribution is 7.98. The van der Waals surface area contributed by atoms with Gasteiger partial charge in [-0.25, -0.2) is 4.39 Å². The third-order valence-corrected chi connectivity index (χ3v) is 3.80. The summed E-state index contributed by atoms with van der Waals surface area (Å²) >= 11 is 7.15. The highest BCUT2D eigenvalue weighted by Gasteiger charge is 2.09. The number of nitrogens with zero attached hydrogens (tertiary/aromatic N) is 1. The predicted molar refractivity (Wildman–Crippen MR) is 72.1 cm³/mol. The van der Waals surface area contributed by atoms with E-state index in [1.807, 2.05) is 36.4 Å². The first-order chi connectivity index (χ1) is 8.70. The van der Waals surface area contributed by atoms with Crippen molar-refractivity contribution in [3.8, 4) is 6.07 Å². The van der Waals surface area contributed by atoms with Gasteiger partial charge in [0.15, 0.2) is 0 Å². The topological polar surface area (TPSA) is 23.8 Å². The zero-order chi connectivity index (χ0) is 13.0. The first kappa shape index (κ1) is 12.9. The maximum atomic E-state index is 13.5. The molecule has 2 aromatic carbocycles. The summed E-state index contributed by atoms with van der Waals surface area (Å²) in [4.78, 5) is 0.706. The van der Waals surface area contributed by atoms with Crippen LogP contribution >= 0.6 is 23.4 Å². The zero-order valence-electron chi connectivity index (χ0n) is 9.36. The summed E-state index contributed by atoms with van der Waals surface area (Å²) < 4.78 is 13.5. The van der Waals surface area contributed by atoms with Crippen LogP contribution in [0.15, 0.2) is 47.4 Å². The van der Waals surface area contributed by atoms with Gasteiger partial charge < -0.3 is 0 Å². The van der Waals surface area contributed by atoms with E-state index in [0.29, 0.717) is 4.90 Å². The Morgan fingerprint density at radius 3 is 2.61 bits per heavy atom. The molecular weight excluding hydrogens is 269 g/mol. The molecule has 18 heavy (non-hydrogen) atoms. The van der Waals surface area contributed by atoms with Crippen LogP contribution in [0.5, 0.6) is 0 Å². The van der Waals surface area contributed by atoms with E-state index in [1.165, 1.54) is 17.8 Å². The average Bonchev–Trinajstić information content (AvgIpc) is 2.41. The van der Waals surface area contributed by atoms with Crippen molar-refractivity contribution in [2.24, 2.45) is 0 Å². The molecule has 0 heterocycles. The molecule has 0 N–H and O–H groups in total. The Kier molecular flexibility index (Phi) is 4.24. The molecule has 90 valence electrons. The Bertz CT molecular complexity index is 593. The van der Waals surface area contributed by atoms with Gasteiger partial charge >= 0.3 is 0 Å². The molecule has 0 unspecified atom stereocenters. The number of hydrogen-bond acceptors (Lipinski definition) is 2. The standard InChI is InChI=1S/C14H9ClFNS/c15-14-11(8-17)6-12(7-13(14)16)18-9-10-4-2-1-3-5-10/h1-7H,9H2. The van der Waals surface area contributed by atoms with Crippen molar-refractivity contribution in [2.45, 2.75) is 10.6 Å². The van der Waals surface area contributed by atoms with Crippen LogP contribution in [0.2, 0.25) is 5.02 Å². The van der Waals surface area contributed by atoms with Gasteiger partial charge in [-0.15, -0.1) is 11.8 Å². The fourth-order valence-corrected chi connectivity index (χ4v) is 2.53. The molecule has 0 aliphatic rings. The van der Waals surface area contributed by atoms with Gasteiger partial charge in [0, 0.05) is 10.6 Å². The fraction of sp³-hybridized carbons (Fsp3) is 0.0714. The summed E-state index contributed by atoms with van der Waals surface area (Å²) in [5, 5.41) is 8.73. The van der Waals surface area contributed by atoms with Crippen molar-refractivity contribution in [3.63, 3.8) is 0 Å². The molecule has 0 spiro atoms. The van der Waals surface area contributed by atoms with Crippen LogP contribution in [-0.4, -0.2) is 0 Å². The summed E-state index contributed by atoms with van der Waals surface area (Å²) in [5.41, 5.74) is 1.32. The lowest BCUT2D eigenvalue weighted by Crippen LogP contribution is -1.86. The van der Waals surface area contributed by atoms with E-state index < -0.39 is 5.82 Å². The average molecular weight is 278 g/mol. The van der Waals surface area contributed by atoms with E-state index in [9.17, 15) is 4.39 Å². The molecule has 0 atom stereocenters. The normalized spacial score (nSPS) is 10.1. The van der Waals surface area contributed by atoms with Gasteiger partial charge in [0.2, 0.25) is 0 Å². The molecule has 0 aliphatic heterocycles. The summed E-state index contributed by atoms with van der Waals surface area (Å²) in [6, 6.07) is 14.7. The fourth-order valence-electron chi connectivity index (χ4n) is 1.47. The maximum Gasteiger partial charge on any atom is 0.144 e. The number of halogens is 2. The Balaban J connectivity index is 2.16. The van der Waals surface area contributed by atoms with Crippen molar-refractivity contribution in [3.05, 3.63) is 64.4 Å². The summed E-state index contributed by atoms with van der Waals surface area (Å²) in [6.45, 7) is 0. The highest BCUT2D eigenvalue weighted by Crippen LogP contribution is 2.29. The molecule has 4 heteroatoms. The lowest BCUT2D eigenvalue weighted by atomic mass is 10.2. The molecule has 0 amide bonds. The molecular formula is C14H9ClFNS. The van der Waals surface area contributed by atoms with E-state index in [1.54, 1.807) is 6.07 Å². The molecule has 0 bridgehead atoms. The van der Waals surface area contributed by atoms with Crippen LogP contribution in [0.25, 0.3) is 0 Å². The molecule has 0 saturated carbocycles. The Morgan fingerprint density at radius 2 is 1.94 bits per heavy atom. The van der Waals surface area contributed by atoms with Crippen molar-refractivity contribution < 1.29 is 4.39 Å². The third-order valence-electron chi connectivity index (χ3n) is 2.37. The van der Waals surface area contributed by atoms with Crippen LogP contribution in [-0.2, 0) is 5.75 Å². The van der Waals surface area contributed by atoms with Crippen molar-refractivity contribution >= 4 is 23.4 Å². The second-order valence-electron chi connectivity index (χ2n) is 3.65. The van der Waals surface area contributed by atoms with Crippen LogP contribution in [0.4, 0.5) is 4.39 Å². The van der Waals surface area contributed by atoms with Gasteiger partial charge in [-0.3, -0.25) is 0 Å². The zero-order valence-corrected chi connectivity index (χ0v) is 10.9. The lowest BCUT2D eigenvalue weighted by molar-refractivity contribution is 0.624. The highest BCUT2D eigenvalue weighted by atomic mass is 35.5. The minimum Gasteiger partial charge on any atom is -0.205 e. The number of nitriles is 1. The van der Waals surface area contributed by atoms with Gasteiger partial charge in [-0.2, -0.15) is 5.26 Å². The Labute approximate surface area is 114 Å². The van der Waals surface area contributed by atoms with Crippen LogP contribution < -0.4 is 0 Å². The van der Waals surface area contributed by atoms with E-state index in [4.69, 9.17) is 16.9 Å². The number of thioether (sulfide) groups is 1. The molecule has 0 aliphatic carbocycles. The Morgan fingerprint density at radius 1 is 1.22 bits per heavy atom. The second-order valence-corrected chi connectivity index (χ2v) is 5.08. The summed E-state index contributed by atoms with van der Waals surface area (Å²) in [5.74, 6) is 0.179. The minimum atomic E-state index is -0.550. The SMILES string of the molecule is N#Cc1cc(SCc2ccccc2)cc(F)c1Cl. The molecule has 2 aromatic rings. The van der Waals surface area contributed by atoms with E-state index in [-0.39, 0.29) is 10.6 Å². The van der Waals surface area contributed by atoms with Crippen molar-refractivity contribution in [1.82, 2.24) is 0 Å². The second kappa shape index (κ2) is 5.90. The third kappa shape index (κ3) is 3.04. The smallest absolute Gasteiger partial charge is 0.144 e. The number of hydrogen-bond donors (Lipinski definition) is 0. The van der Waals surface area contributed by atoms with Gasteiger partial charge in [-0.1, -0.05) is 41.9 Å². The molecule has 0 fully saturated rings. The van der Waals surface area contributed by atoms with Gasteiger partial charge in [0.05, 0.1) is 10.6 Å². The largest absolute Gasteiger partial charge is 0.205 e.